The van der Waals surface area contributed by atoms with Crippen molar-refractivity contribution in [1.82, 2.24) is 10.2 Å². The number of halogens is 1. The highest BCUT2D eigenvalue weighted by molar-refractivity contribution is 6.31. The Balaban J connectivity index is 2.29. The molecule has 144 valence electrons. The third-order valence-electron chi connectivity index (χ3n) is 4.51. The Morgan fingerprint density at radius 1 is 1.07 bits per heavy atom. The number of amides is 2. The summed E-state index contributed by atoms with van der Waals surface area (Å²) in [7, 11) is 0. The van der Waals surface area contributed by atoms with Crippen LogP contribution in [0.1, 0.15) is 37.0 Å². The van der Waals surface area contributed by atoms with Crippen molar-refractivity contribution in [2.45, 2.75) is 46.2 Å². The molecule has 4 nitrogen and oxygen atoms in total. The molecule has 0 bridgehead atoms. The number of rotatable bonds is 8. The number of carbonyl (C=O) groups is 2. The fourth-order valence-corrected chi connectivity index (χ4v) is 3.21. The minimum Gasteiger partial charge on any atom is -0.355 e. The van der Waals surface area contributed by atoms with Gasteiger partial charge in [0.05, 0.1) is 6.42 Å². The van der Waals surface area contributed by atoms with Crippen LogP contribution in [0, 0.1) is 6.92 Å². The van der Waals surface area contributed by atoms with E-state index in [0.29, 0.717) is 24.5 Å². The summed E-state index contributed by atoms with van der Waals surface area (Å²) in [5, 5.41) is 3.41. The molecular weight excluding hydrogens is 360 g/mol. The van der Waals surface area contributed by atoms with Gasteiger partial charge in [-0.15, -0.1) is 0 Å². The van der Waals surface area contributed by atoms with E-state index >= 15 is 0 Å². The van der Waals surface area contributed by atoms with Crippen LogP contribution >= 0.6 is 11.6 Å². The van der Waals surface area contributed by atoms with Crippen molar-refractivity contribution in [1.29, 1.82) is 0 Å². The third-order valence-corrected chi connectivity index (χ3v) is 4.88. The Morgan fingerprint density at radius 2 is 1.74 bits per heavy atom. The molecule has 0 aromatic heterocycles. The first-order valence-corrected chi connectivity index (χ1v) is 9.70. The average molecular weight is 387 g/mol. The molecule has 2 rings (SSSR count). The van der Waals surface area contributed by atoms with Gasteiger partial charge in [-0.1, -0.05) is 66.6 Å². The van der Waals surface area contributed by atoms with E-state index in [9.17, 15) is 9.59 Å². The normalized spacial score (nSPS) is 11.7. The molecular formula is C22H27ClN2O2. The van der Waals surface area contributed by atoms with E-state index in [2.05, 4.69) is 5.32 Å². The molecule has 0 aliphatic rings. The maximum absolute atomic E-state index is 13.1. The first-order chi connectivity index (χ1) is 13.0. The number of nitrogens with zero attached hydrogens (tertiary/aromatic N) is 1. The molecule has 0 saturated carbocycles. The highest BCUT2D eigenvalue weighted by Gasteiger charge is 2.28. The molecule has 2 aromatic rings. The molecule has 0 aliphatic heterocycles. The summed E-state index contributed by atoms with van der Waals surface area (Å²) < 4.78 is 0. The summed E-state index contributed by atoms with van der Waals surface area (Å²) in [4.78, 5) is 27.4. The predicted octanol–water partition coefficient (Wildman–Crippen LogP) is 4.13. The number of likely N-dealkylation sites (N-methyl/N-ethyl adjacent to an activating group) is 1. The molecule has 2 amide bonds. The molecule has 2 aromatic carbocycles. The van der Waals surface area contributed by atoms with Crippen LogP contribution in [-0.2, 0) is 22.6 Å². The molecule has 0 aliphatic carbocycles. The molecule has 5 heteroatoms. The van der Waals surface area contributed by atoms with E-state index < -0.39 is 6.04 Å². The maximum Gasteiger partial charge on any atom is 0.242 e. The zero-order valence-corrected chi connectivity index (χ0v) is 16.9. The van der Waals surface area contributed by atoms with Gasteiger partial charge in [-0.05, 0) is 37.5 Å². The summed E-state index contributed by atoms with van der Waals surface area (Å²) in [6, 6.07) is 14.8. The topological polar surface area (TPSA) is 49.4 Å². The number of hydrogen-bond acceptors (Lipinski definition) is 2. The van der Waals surface area contributed by atoms with E-state index in [-0.39, 0.29) is 18.2 Å². The lowest BCUT2D eigenvalue weighted by Gasteiger charge is -2.30. The molecule has 0 radical (unpaired) electrons. The fraction of sp³-hybridized carbons (Fsp3) is 0.364. The zero-order valence-electron chi connectivity index (χ0n) is 16.2. The van der Waals surface area contributed by atoms with Crippen LogP contribution in [0.2, 0.25) is 5.02 Å². The van der Waals surface area contributed by atoms with Crippen LogP contribution < -0.4 is 5.32 Å². The molecule has 0 spiro atoms. The summed E-state index contributed by atoms with van der Waals surface area (Å²) in [5.74, 6) is -0.235. The predicted molar refractivity (Wildman–Crippen MR) is 110 cm³/mol. The molecule has 0 fully saturated rings. The summed E-state index contributed by atoms with van der Waals surface area (Å²) in [6.45, 7) is 6.74. The summed E-state index contributed by atoms with van der Waals surface area (Å²) in [5.41, 5.74) is 2.92. The van der Waals surface area contributed by atoms with Gasteiger partial charge in [0.25, 0.3) is 0 Å². The monoisotopic (exact) mass is 386 g/mol. The van der Waals surface area contributed by atoms with E-state index in [1.165, 1.54) is 0 Å². The second kappa shape index (κ2) is 10.1. The van der Waals surface area contributed by atoms with Gasteiger partial charge >= 0.3 is 0 Å². The average Bonchev–Trinajstić information content (AvgIpc) is 2.65. The van der Waals surface area contributed by atoms with Gasteiger partial charge in [-0.2, -0.15) is 0 Å². The van der Waals surface area contributed by atoms with Gasteiger partial charge in [0.15, 0.2) is 0 Å². The lowest BCUT2D eigenvalue weighted by molar-refractivity contribution is -0.140. The Labute approximate surface area is 166 Å². The highest BCUT2D eigenvalue weighted by atomic mass is 35.5. The van der Waals surface area contributed by atoms with Crippen LogP contribution in [-0.4, -0.2) is 29.3 Å². The lowest BCUT2D eigenvalue weighted by Crippen LogP contribution is -2.49. The maximum atomic E-state index is 13.1. The minimum atomic E-state index is -0.513. The first-order valence-electron chi connectivity index (χ1n) is 9.32. The van der Waals surface area contributed by atoms with Crippen molar-refractivity contribution < 1.29 is 9.59 Å². The number of nitrogens with one attached hydrogen (secondary N) is 1. The quantitative estimate of drug-likeness (QED) is 0.741. The Bertz CT molecular complexity index is 774. The molecule has 0 saturated heterocycles. The minimum absolute atomic E-state index is 0.109. The van der Waals surface area contributed by atoms with Crippen molar-refractivity contribution in [2.75, 3.05) is 6.54 Å². The third kappa shape index (κ3) is 5.83. The zero-order chi connectivity index (χ0) is 19.8. The number of aryl methyl sites for hydroxylation is 1. The Morgan fingerprint density at radius 3 is 2.33 bits per heavy atom. The molecule has 0 heterocycles. The van der Waals surface area contributed by atoms with Gasteiger partial charge in [-0.25, -0.2) is 0 Å². The lowest BCUT2D eigenvalue weighted by atomic mass is 10.1. The molecule has 27 heavy (non-hydrogen) atoms. The van der Waals surface area contributed by atoms with Gasteiger partial charge in [-0.3, -0.25) is 9.59 Å². The number of benzene rings is 2. The second-order valence-electron chi connectivity index (χ2n) is 6.59. The summed E-state index contributed by atoms with van der Waals surface area (Å²) >= 11 is 6.23. The van der Waals surface area contributed by atoms with Crippen molar-refractivity contribution in [3.05, 3.63) is 70.2 Å². The van der Waals surface area contributed by atoms with Crippen molar-refractivity contribution in [2.24, 2.45) is 0 Å². The smallest absolute Gasteiger partial charge is 0.242 e. The number of hydrogen-bond donors (Lipinski definition) is 1. The van der Waals surface area contributed by atoms with E-state index in [1.807, 2.05) is 63.2 Å². The number of carbonyl (C=O) groups excluding carboxylic acids is 2. The summed E-state index contributed by atoms with van der Waals surface area (Å²) in [6.07, 6.45) is 0.716. The Hall–Kier alpha value is -2.33. The second-order valence-corrected chi connectivity index (χ2v) is 7.00. The van der Waals surface area contributed by atoms with Crippen LogP contribution in [0.25, 0.3) is 0 Å². The van der Waals surface area contributed by atoms with E-state index in [0.717, 1.165) is 16.7 Å². The van der Waals surface area contributed by atoms with Crippen molar-refractivity contribution in [3.8, 4) is 0 Å². The van der Waals surface area contributed by atoms with Gasteiger partial charge < -0.3 is 10.2 Å². The fourth-order valence-electron chi connectivity index (χ4n) is 3.01. The first kappa shape index (κ1) is 21.0. The van der Waals surface area contributed by atoms with Gasteiger partial charge in [0.2, 0.25) is 11.8 Å². The van der Waals surface area contributed by atoms with Gasteiger partial charge in [0.1, 0.15) is 6.04 Å². The van der Waals surface area contributed by atoms with E-state index in [1.54, 1.807) is 11.0 Å². The highest BCUT2D eigenvalue weighted by Crippen LogP contribution is 2.19. The van der Waals surface area contributed by atoms with Crippen LogP contribution in [0.4, 0.5) is 0 Å². The van der Waals surface area contributed by atoms with Crippen molar-refractivity contribution >= 4 is 23.4 Å². The Kier molecular flexibility index (Phi) is 7.86. The van der Waals surface area contributed by atoms with Crippen LogP contribution in [0.3, 0.4) is 0 Å². The van der Waals surface area contributed by atoms with Crippen molar-refractivity contribution in [3.63, 3.8) is 0 Å². The van der Waals surface area contributed by atoms with Crippen LogP contribution in [0.15, 0.2) is 48.5 Å². The molecule has 0 unspecified atom stereocenters. The molecule has 1 atom stereocenters. The SMILES string of the molecule is CCNC(=O)[C@H](CC)N(Cc1ccc(C)cc1)C(=O)Cc1ccccc1Cl. The standard InChI is InChI=1S/C22H27ClN2O2/c1-4-20(22(27)24-5-2)25(15-17-12-10-16(3)11-13-17)21(26)14-18-8-6-7-9-19(18)23/h6-13,20H,4-5,14-15H2,1-3H3,(H,24,27)/t20-/m0/s1. The molecule has 1 N–H and O–H groups in total. The van der Waals surface area contributed by atoms with Crippen LogP contribution in [0.5, 0.6) is 0 Å². The van der Waals surface area contributed by atoms with Gasteiger partial charge in [0, 0.05) is 18.1 Å². The van der Waals surface area contributed by atoms with E-state index in [4.69, 9.17) is 11.6 Å². The largest absolute Gasteiger partial charge is 0.355 e.